The molecular formula is C11H13BN2O2. The second kappa shape index (κ2) is 4.51. The molecule has 82 valence electrons. The van der Waals surface area contributed by atoms with Crippen molar-refractivity contribution in [2.24, 2.45) is 0 Å². The first-order chi connectivity index (χ1) is 7.65. The summed E-state index contributed by atoms with van der Waals surface area (Å²) in [5.74, 6) is 0. The van der Waals surface area contributed by atoms with E-state index in [4.69, 9.17) is 10.0 Å². The van der Waals surface area contributed by atoms with Crippen LogP contribution in [0.1, 0.15) is 11.1 Å². The van der Waals surface area contributed by atoms with Crippen LogP contribution in [-0.4, -0.2) is 26.9 Å². The number of benzene rings is 1. The lowest BCUT2D eigenvalue weighted by Crippen LogP contribution is -2.31. The summed E-state index contributed by atoms with van der Waals surface area (Å²) in [6, 6.07) is 9.73. The molecule has 5 heteroatoms. The van der Waals surface area contributed by atoms with Crippen molar-refractivity contribution in [1.29, 1.82) is 0 Å². The third-order valence-corrected chi connectivity index (χ3v) is 2.35. The summed E-state index contributed by atoms with van der Waals surface area (Å²) < 4.78 is 1.68. The van der Waals surface area contributed by atoms with Gasteiger partial charge in [0, 0.05) is 6.20 Å². The first-order valence-electron chi connectivity index (χ1n) is 5.10. The summed E-state index contributed by atoms with van der Waals surface area (Å²) in [6.45, 7) is 2.67. The van der Waals surface area contributed by atoms with Gasteiger partial charge in [0.25, 0.3) is 0 Å². The fourth-order valence-corrected chi connectivity index (χ4v) is 1.60. The van der Waals surface area contributed by atoms with Crippen LogP contribution in [0, 0.1) is 6.92 Å². The van der Waals surface area contributed by atoms with Gasteiger partial charge in [0.15, 0.2) is 0 Å². The van der Waals surface area contributed by atoms with Gasteiger partial charge >= 0.3 is 7.12 Å². The summed E-state index contributed by atoms with van der Waals surface area (Å²) in [5, 5.41) is 21.9. The molecule has 2 N–H and O–H groups in total. The highest BCUT2D eigenvalue weighted by atomic mass is 16.4. The van der Waals surface area contributed by atoms with Crippen LogP contribution in [0.25, 0.3) is 0 Å². The molecule has 0 atom stereocenters. The van der Waals surface area contributed by atoms with Crippen LogP contribution < -0.4 is 5.59 Å². The molecule has 0 saturated heterocycles. The molecule has 0 spiro atoms. The molecular weight excluding hydrogens is 203 g/mol. The maximum Gasteiger partial charge on any atom is 0.510 e. The predicted molar refractivity (Wildman–Crippen MR) is 62.3 cm³/mol. The second-order valence-corrected chi connectivity index (χ2v) is 3.80. The molecule has 0 aliphatic rings. The van der Waals surface area contributed by atoms with E-state index in [1.54, 1.807) is 16.9 Å². The van der Waals surface area contributed by atoms with E-state index in [9.17, 15) is 0 Å². The van der Waals surface area contributed by atoms with Crippen LogP contribution in [0.2, 0.25) is 0 Å². The number of aromatic nitrogens is 2. The fourth-order valence-electron chi connectivity index (χ4n) is 1.60. The van der Waals surface area contributed by atoms with Crippen LogP contribution in [0.3, 0.4) is 0 Å². The minimum absolute atomic E-state index is 0.271. The monoisotopic (exact) mass is 216 g/mol. The van der Waals surface area contributed by atoms with Gasteiger partial charge in [-0.05, 0) is 18.6 Å². The molecule has 0 fully saturated rings. The Morgan fingerprint density at radius 3 is 2.75 bits per heavy atom. The molecule has 0 aliphatic heterocycles. The second-order valence-electron chi connectivity index (χ2n) is 3.80. The zero-order valence-electron chi connectivity index (χ0n) is 9.04. The molecule has 2 aromatic rings. The third-order valence-electron chi connectivity index (χ3n) is 2.35. The number of rotatable bonds is 3. The highest BCUT2D eigenvalue weighted by Crippen LogP contribution is 2.05. The molecule has 0 unspecified atom stereocenters. The smallest absolute Gasteiger partial charge is 0.422 e. The van der Waals surface area contributed by atoms with Gasteiger partial charge in [0.2, 0.25) is 0 Å². The molecule has 0 radical (unpaired) electrons. The van der Waals surface area contributed by atoms with Gasteiger partial charge < -0.3 is 10.0 Å². The highest BCUT2D eigenvalue weighted by Gasteiger charge is 2.14. The molecule has 2 rings (SSSR count). The van der Waals surface area contributed by atoms with Crippen molar-refractivity contribution < 1.29 is 10.0 Å². The van der Waals surface area contributed by atoms with E-state index in [0.29, 0.717) is 6.54 Å². The Morgan fingerprint density at radius 1 is 1.31 bits per heavy atom. The van der Waals surface area contributed by atoms with E-state index < -0.39 is 7.12 Å². The van der Waals surface area contributed by atoms with Crippen LogP contribution >= 0.6 is 0 Å². The molecule has 1 aromatic heterocycles. The van der Waals surface area contributed by atoms with Gasteiger partial charge in [-0.3, -0.25) is 4.68 Å². The van der Waals surface area contributed by atoms with E-state index in [2.05, 4.69) is 11.2 Å². The van der Waals surface area contributed by atoms with Gasteiger partial charge in [-0.15, -0.1) is 0 Å². The first-order valence-corrected chi connectivity index (χ1v) is 5.10. The van der Waals surface area contributed by atoms with Gasteiger partial charge in [0.1, 0.15) is 0 Å². The molecule has 0 bridgehead atoms. The van der Waals surface area contributed by atoms with E-state index in [-0.39, 0.29) is 5.59 Å². The zero-order valence-corrected chi connectivity index (χ0v) is 9.04. The minimum Gasteiger partial charge on any atom is -0.422 e. The molecule has 0 saturated carbocycles. The summed E-state index contributed by atoms with van der Waals surface area (Å²) in [7, 11) is -1.50. The van der Waals surface area contributed by atoms with Gasteiger partial charge in [-0.25, -0.2) is 0 Å². The number of hydrogen-bond donors (Lipinski definition) is 2. The fraction of sp³-hybridized carbons (Fsp3) is 0.182. The Kier molecular flexibility index (Phi) is 3.08. The quantitative estimate of drug-likeness (QED) is 0.705. The predicted octanol–water partition coefficient (Wildman–Crippen LogP) is -0.0804. The van der Waals surface area contributed by atoms with Crippen molar-refractivity contribution in [3.05, 3.63) is 47.7 Å². The molecule has 4 nitrogen and oxygen atoms in total. The van der Waals surface area contributed by atoms with E-state index in [1.807, 2.05) is 25.1 Å². The lowest BCUT2D eigenvalue weighted by atomic mass is 9.87. The summed E-state index contributed by atoms with van der Waals surface area (Å²) >= 11 is 0. The lowest BCUT2D eigenvalue weighted by molar-refractivity contribution is 0.423. The van der Waals surface area contributed by atoms with Crippen LogP contribution in [0.4, 0.5) is 0 Å². The largest absolute Gasteiger partial charge is 0.510 e. The SMILES string of the molecule is Cc1cccc(Cn2ccc(B(O)O)n2)c1. The van der Waals surface area contributed by atoms with Crippen molar-refractivity contribution in [2.45, 2.75) is 13.5 Å². The molecule has 16 heavy (non-hydrogen) atoms. The minimum atomic E-state index is -1.50. The van der Waals surface area contributed by atoms with E-state index in [0.717, 1.165) is 5.56 Å². The Bertz CT molecular complexity index is 482. The number of hydrogen-bond acceptors (Lipinski definition) is 3. The Labute approximate surface area is 94.3 Å². The van der Waals surface area contributed by atoms with Crippen molar-refractivity contribution >= 4 is 12.7 Å². The summed E-state index contributed by atoms with van der Waals surface area (Å²) in [4.78, 5) is 0. The van der Waals surface area contributed by atoms with Crippen molar-refractivity contribution in [3.8, 4) is 0 Å². The standard InChI is InChI=1S/C11H13BN2O2/c1-9-3-2-4-10(7-9)8-14-6-5-11(13-14)12(15)16/h2-7,15-16H,8H2,1H3. The van der Waals surface area contributed by atoms with Crippen LogP contribution in [0.5, 0.6) is 0 Å². The highest BCUT2D eigenvalue weighted by molar-refractivity contribution is 6.57. The number of nitrogens with zero attached hydrogens (tertiary/aromatic N) is 2. The van der Waals surface area contributed by atoms with Gasteiger partial charge in [-0.2, -0.15) is 5.10 Å². The van der Waals surface area contributed by atoms with E-state index >= 15 is 0 Å². The summed E-state index contributed by atoms with van der Waals surface area (Å²) in [5.41, 5.74) is 2.61. The van der Waals surface area contributed by atoms with Crippen molar-refractivity contribution in [1.82, 2.24) is 9.78 Å². The zero-order chi connectivity index (χ0) is 11.5. The lowest BCUT2D eigenvalue weighted by Gasteiger charge is -2.02. The molecule has 0 aliphatic carbocycles. The normalized spacial score (nSPS) is 10.4. The molecule has 0 amide bonds. The number of aryl methyl sites for hydroxylation is 1. The topological polar surface area (TPSA) is 58.3 Å². The van der Waals surface area contributed by atoms with Gasteiger partial charge in [-0.1, -0.05) is 29.8 Å². The first kappa shape index (κ1) is 10.9. The Balaban J connectivity index is 2.14. The van der Waals surface area contributed by atoms with Crippen LogP contribution in [-0.2, 0) is 6.54 Å². The Morgan fingerprint density at radius 2 is 2.12 bits per heavy atom. The van der Waals surface area contributed by atoms with E-state index in [1.165, 1.54) is 5.56 Å². The average Bonchev–Trinajstić information content (AvgIpc) is 2.66. The molecule has 1 heterocycles. The molecule has 1 aromatic carbocycles. The van der Waals surface area contributed by atoms with Crippen molar-refractivity contribution in [2.75, 3.05) is 0 Å². The maximum atomic E-state index is 8.93. The van der Waals surface area contributed by atoms with Gasteiger partial charge in [0.05, 0.1) is 12.1 Å². The average molecular weight is 216 g/mol. The van der Waals surface area contributed by atoms with Crippen molar-refractivity contribution in [3.63, 3.8) is 0 Å². The maximum absolute atomic E-state index is 8.93. The van der Waals surface area contributed by atoms with Crippen LogP contribution in [0.15, 0.2) is 36.5 Å². The third kappa shape index (κ3) is 2.50. The Hall–Kier alpha value is -1.59. The summed E-state index contributed by atoms with van der Waals surface area (Å²) in [6.07, 6.45) is 1.73.